The molecule has 2 aromatic heterocycles. The first-order valence-electron chi connectivity index (χ1n) is 8.88. The van der Waals surface area contributed by atoms with Crippen LogP contribution in [0.2, 0.25) is 0 Å². The van der Waals surface area contributed by atoms with Crippen molar-refractivity contribution < 1.29 is 4.52 Å². The quantitative estimate of drug-likeness (QED) is 0.527. The summed E-state index contributed by atoms with van der Waals surface area (Å²) in [6.07, 6.45) is 1.75. The Hall–Kier alpha value is -3.47. The van der Waals surface area contributed by atoms with Crippen LogP contribution < -0.4 is 5.32 Å². The van der Waals surface area contributed by atoms with Gasteiger partial charge < -0.3 is 9.84 Å². The average Bonchev–Trinajstić information content (AvgIpc) is 3.19. The van der Waals surface area contributed by atoms with E-state index in [-0.39, 0.29) is 6.04 Å². The highest BCUT2D eigenvalue weighted by Crippen LogP contribution is 2.29. The van der Waals surface area contributed by atoms with E-state index in [1.165, 1.54) is 5.56 Å². The number of pyridine rings is 1. The molecule has 0 aliphatic rings. The van der Waals surface area contributed by atoms with E-state index in [9.17, 15) is 0 Å². The summed E-state index contributed by atoms with van der Waals surface area (Å²) in [5, 5.41) is 7.59. The van der Waals surface area contributed by atoms with Crippen molar-refractivity contribution in [1.29, 1.82) is 0 Å². The van der Waals surface area contributed by atoms with Gasteiger partial charge in [0.15, 0.2) is 0 Å². The first-order chi connectivity index (χ1) is 13.2. The van der Waals surface area contributed by atoms with Gasteiger partial charge in [-0.05, 0) is 37.6 Å². The van der Waals surface area contributed by atoms with Gasteiger partial charge in [0.25, 0.3) is 5.89 Å². The number of nitrogens with zero attached hydrogens (tertiary/aromatic N) is 3. The summed E-state index contributed by atoms with van der Waals surface area (Å²) < 4.78 is 5.53. The molecule has 0 aliphatic carbocycles. The zero-order valence-corrected chi connectivity index (χ0v) is 15.3. The number of anilines is 1. The van der Waals surface area contributed by atoms with Crippen LogP contribution in [0.3, 0.4) is 0 Å². The van der Waals surface area contributed by atoms with Gasteiger partial charge in [-0.3, -0.25) is 0 Å². The fourth-order valence-electron chi connectivity index (χ4n) is 2.96. The maximum Gasteiger partial charge on any atom is 0.261 e. The van der Waals surface area contributed by atoms with Crippen molar-refractivity contribution in [2.75, 3.05) is 5.32 Å². The Kier molecular flexibility index (Phi) is 4.66. The molecule has 0 spiro atoms. The zero-order chi connectivity index (χ0) is 18.6. The summed E-state index contributed by atoms with van der Waals surface area (Å²) in [5.74, 6) is 1.73. The van der Waals surface area contributed by atoms with Crippen molar-refractivity contribution in [2.45, 2.75) is 19.9 Å². The maximum absolute atomic E-state index is 5.53. The summed E-state index contributed by atoms with van der Waals surface area (Å²) >= 11 is 0. The molecule has 5 heteroatoms. The van der Waals surface area contributed by atoms with Crippen molar-refractivity contribution in [3.05, 3.63) is 84.1 Å². The highest BCUT2D eigenvalue weighted by molar-refractivity contribution is 5.70. The van der Waals surface area contributed by atoms with Gasteiger partial charge >= 0.3 is 0 Å². The van der Waals surface area contributed by atoms with Crippen molar-refractivity contribution >= 4 is 5.82 Å². The Morgan fingerprint density at radius 2 is 1.81 bits per heavy atom. The summed E-state index contributed by atoms with van der Waals surface area (Å²) in [6.45, 7) is 4.14. The van der Waals surface area contributed by atoms with Gasteiger partial charge in [0, 0.05) is 17.8 Å². The highest BCUT2D eigenvalue weighted by Gasteiger charge is 2.16. The van der Waals surface area contributed by atoms with Gasteiger partial charge in [0.1, 0.15) is 5.82 Å². The third-order valence-electron chi connectivity index (χ3n) is 4.39. The molecule has 0 fully saturated rings. The minimum Gasteiger partial charge on any atom is -0.363 e. The van der Waals surface area contributed by atoms with Crippen LogP contribution in [0, 0.1) is 6.92 Å². The molecule has 0 amide bonds. The first-order valence-corrected chi connectivity index (χ1v) is 8.88. The van der Waals surface area contributed by atoms with E-state index >= 15 is 0 Å². The molecular formula is C22H20N4O. The van der Waals surface area contributed by atoms with E-state index in [0.29, 0.717) is 17.5 Å². The van der Waals surface area contributed by atoms with Crippen LogP contribution in [0.25, 0.3) is 22.8 Å². The van der Waals surface area contributed by atoms with E-state index in [1.54, 1.807) is 6.20 Å². The molecule has 5 nitrogen and oxygen atoms in total. The number of rotatable bonds is 5. The lowest BCUT2D eigenvalue weighted by Crippen LogP contribution is -2.08. The Morgan fingerprint density at radius 3 is 2.63 bits per heavy atom. The third-order valence-corrected chi connectivity index (χ3v) is 4.39. The van der Waals surface area contributed by atoms with Crippen molar-refractivity contribution in [1.82, 2.24) is 15.1 Å². The van der Waals surface area contributed by atoms with Gasteiger partial charge in [-0.15, -0.1) is 0 Å². The van der Waals surface area contributed by atoms with E-state index in [2.05, 4.69) is 39.5 Å². The molecule has 4 rings (SSSR count). The maximum atomic E-state index is 5.53. The predicted molar refractivity (Wildman–Crippen MR) is 106 cm³/mol. The van der Waals surface area contributed by atoms with E-state index < -0.39 is 0 Å². The molecule has 0 radical (unpaired) electrons. The van der Waals surface area contributed by atoms with Crippen LogP contribution >= 0.6 is 0 Å². The van der Waals surface area contributed by atoms with E-state index in [4.69, 9.17) is 4.52 Å². The standard InChI is InChI=1S/C22H20N4O/c1-15-8-6-11-18(14-15)20-25-22(27-26-20)19-12-7-13-23-21(19)24-16(2)17-9-4-3-5-10-17/h3-14,16H,1-2H3,(H,23,24)/t16-/m1/s1. The van der Waals surface area contributed by atoms with Crippen LogP contribution in [0.1, 0.15) is 24.1 Å². The smallest absolute Gasteiger partial charge is 0.261 e. The zero-order valence-electron chi connectivity index (χ0n) is 15.3. The second-order valence-corrected chi connectivity index (χ2v) is 6.47. The van der Waals surface area contributed by atoms with Gasteiger partial charge in [0.05, 0.1) is 5.56 Å². The van der Waals surface area contributed by atoms with Gasteiger partial charge in [-0.2, -0.15) is 4.98 Å². The Bertz CT molecular complexity index is 1040. The van der Waals surface area contributed by atoms with Gasteiger partial charge in [0.2, 0.25) is 5.82 Å². The Morgan fingerprint density at radius 1 is 0.963 bits per heavy atom. The number of nitrogens with one attached hydrogen (secondary N) is 1. The molecular weight excluding hydrogens is 336 g/mol. The second kappa shape index (κ2) is 7.41. The molecule has 0 bridgehead atoms. The van der Waals surface area contributed by atoms with E-state index in [1.807, 2.05) is 61.5 Å². The second-order valence-electron chi connectivity index (χ2n) is 6.47. The number of hydrogen-bond donors (Lipinski definition) is 1. The lowest BCUT2D eigenvalue weighted by Gasteiger charge is -2.16. The van der Waals surface area contributed by atoms with Gasteiger partial charge in [-0.1, -0.05) is 59.3 Å². The normalized spacial score (nSPS) is 11.9. The van der Waals surface area contributed by atoms with Crippen molar-refractivity contribution in [3.63, 3.8) is 0 Å². The Balaban J connectivity index is 1.64. The lowest BCUT2D eigenvalue weighted by molar-refractivity contribution is 0.432. The van der Waals surface area contributed by atoms with Crippen LogP contribution in [-0.4, -0.2) is 15.1 Å². The molecule has 27 heavy (non-hydrogen) atoms. The SMILES string of the molecule is Cc1cccc(-c2noc(-c3cccnc3N[C@H](C)c3ccccc3)n2)c1. The van der Waals surface area contributed by atoms with E-state index in [0.717, 1.165) is 16.7 Å². The van der Waals surface area contributed by atoms with Gasteiger partial charge in [-0.25, -0.2) is 4.98 Å². The molecule has 2 heterocycles. The molecule has 0 aliphatic heterocycles. The fourth-order valence-corrected chi connectivity index (χ4v) is 2.96. The minimum absolute atomic E-state index is 0.0963. The molecule has 0 unspecified atom stereocenters. The van der Waals surface area contributed by atoms with Crippen LogP contribution in [0.15, 0.2) is 77.4 Å². The molecule has 1 N–H and O–H groups in total. The minimum atomic E-state index is 0.0963. The molecule has 0 saturated carbocycles. The predicted octanol–water partition coefficient (Wildman–Crippen LogP) is 5.28. The van der Waals surface area contributed by atoms with Crippen molar-refractivity contribution in [3.8, 4) is 22.8 Å². The number of aryl methyl sites for hydroxylation is 1. The Labute approximate surface area is 158 Å². The molecule has 4 aromatic rings. The monoisotopic (exact) mass is 356 g/mol. The summed E-state index contributed by atoms with van der Waals surface area (Å²) in [7, 11) is 0. The number of benzene rings is 2. The summed E-state index contributed by atoms with van der Waals surface area (Å²) in [6, 6.07) is 22.2. The third kappa shape index (κ3) is 3.72. The van der Waals surface area contributed by atoms with Crippen LogP contribution in [0.5, 0.6) is 0 Å². The molecule has 134 valence electrons. The average molecular weight is 356 g/mol. The van der Waals surface area contributed by atoms with Crippen LogP contribution in [0.4, 0.5) is 5.82 Å². The summed E-state index contributed by atoms with van der Waals surface area (Å²) in [5.41, 5.74) is 4.05. The number of aromatic nitrogens is 3. The molecule has 2 aromatic carbocycles. The highest BCUT2D eigenvalue weighted by atomic mass is 16.5. The lowest BCUT2D eigenvalue weighted by atomic mass is 10.1. The summed E-state index contributed by atoms with van der Waals surface area (Å²) in [4.78, 5) is 9.05. The largest absolute Gasteiger partial charge is 0.363 e. The fraction of sp³-hybridized carbons (Fsp3) is 0.136. The molecule has 0 saturated heterocycles. The van der Waals surface area contributed by atoms with Crippen LogP contribution in [-0.2, 0) is 0 Å². The first kappa shape index (κ1) is 17.0. The number of hydrogen-bond acceptors (Lipinski definition) is 5. The molecule has 1 atom stereocenters. The van der Waals surface area contributed by atoms with Crippen molar-refractivity contribution in [2.24, 2.45) is 0 Å². The topological polar surface area (TPSA) is 63.8 Å².